The van der Waals surface area contributed by atoms with E-state index in [2.05, 4.69) is 24.4 Å². The van der Waals surface area contributed by atoms with Crippen LogP contribution in [-0.4, -0.2) is 7.11 Å². The zero-order valence-corrected chi connectivity index (χ0v) is 11.1. The van der Waals surface area contributed by atoms with Gasteiger partial charge >= 0.3 is 0 Å². The summed E-state index contributed by atoms with van der Waals surface area (Å²) in [4.78, 5) is 0. The molecular weight excluding hydrogens is 226 g/mol. The van der Waals surface area contributed by atoms with Gasteiger partial charge in [0.05, 0.1) is 13.7 Å². The fourth-order valence-electron chi connectivity index (χ4n) is 1.84. The Bertz CT molecular complexity index is 487. The molecule has 1 aromatic heterocycles. The molecule has 0 unspecified atom stereocenters. The molecule has 0 saturated heterocycles. The molecular formula is C15H19NO2. The van der Waals surface area contributed by atoms with E-state index in [9.17, 15) is 0 Å². The fraction of sp³-hybridized carbons (Fsp3) is 0.333. The summed E-state index contributed by atoms with van der Waals surface area (Å²) in [7, 11) is 1.68. The Balaban J connectivity index is 1.92. The van der Waals surface area contributed by atoms with E-state index >= 15 is 0 Å². The number of benzene rings is 1. The first-order valence-electron chi connectivity index (χ1n) is 6.11. The van der Waals surface area contributed by atoms with Gasteiger partial charge in [-0.2, -0.15) is 0 Å². The fourth-order valence-corrected chi connectivity index (χ4v) is 1.84. The van der Waals surface area contributed by atoms with Crippen LogP contribution in [0.15, 0.2) is 40.8 Å². The number of furan rings is 1. The molecule has 0 bridgehead atoms. The lowest BCUT2D eigenvalue weighted by atomic mass is 10.1. The average Bonchev–Trinajstić information content (AvgIpc) is 2.82. The molecule has 0 aliphatic carbocycles. The van der Waals surface area contributed by atoms with Gasteiger partial charge in [0, 0.05) is 6.04 Å². The molecule has 0 radical (unpaired) electrons. The molecule has 1 aromatic carbocycles. The van der Waals surface area contributed by atoms with E-state index in [1.54, 1.807) is 7.11 Å². The summed E-state index contributed by atoms with van der Waals surface area (Å²) in [5.74, 6) is 2.80. The van der Waals surface area contributed by atoms with Gasteiger partial charge in [0.25, 0.3) is 0 Å². The van der Waals surface area contributed by atoms with Crippen molar-refractivity contribution >= 4 is 0 Å². The molecule has 96 valence electrons. The van der Waals surface area contributed by atoms with Crippen molar-refractivity contribution in [3.63, 3.8) is 0 Å². The van der Waals surface area contributed by atoms with Crippen molar-refractivity contribution in [1.82, 2.24) is 5.32 Å². The minimum Gasteiger partial charge on any atom is -0.497 e. The molecule has 2 rings (SSSR count). The normalized spacial score (nSPS) is 12.4. The smallest absolute Gasteiger partial charge is 0.118 e. The predicted octanol–water partition coefficient (Wildman–Crippen LogP) is 3.45. The summed E-state index contributed by atoms with van der Waals surface area (Å²) in [6.45, 7) is 4.83. The first-order valence-corrected chi connectivity index (χ1v) is 6.11. The molecule has 0 amide bonds. The number of hydrogen-bond donors (Lipinski definition) is 1. The highest BCUT2D eigenvalue weighted by atomic mass is 16.5. The molecule has 0 aliphatic rings. The number of nitrogens with one attached hydrogen (secondary N) is 1. The van der Waals surface area contributed by atoms with Crippen LogP contribution in [0.5, 0.6) is 5.75 Å². The number of hydrogen-bond acceptors (Lipinski definition) is 3. The van der Waals surface area contributed by atoms with Gasteiger partial charge in [-0.3, -0.25) is 0 Å². The Hall–Kier alpha value is -1.74. The highest BCUT2D eigenvalue weighted by Gasteiger charge is 2.06. The topological polar surface area (TPSA) is 34.4 Å². The zero-order chi connectivity index (χ0) is 13.0. The van der Waals surface area contributed by atoms with Gasteiger partial charge in [0.15, 0.2) is 0 Å². The molecule has 1 atom stereocenters. The molecule has 0 spiro atoms. The Kier molecular flexibility index (Phi) is 4.05. The number of rotatable bonds is 5. The summed E-state index contributed by atoms with van der Waals surface area (Å²) in [6.07, 6.45) is 0. The third-order valence-electron chi connectivity index (χ3n) is 2.99. The van der Waals surface area contributed by atoms with Gasteiger partial charge < -0.3 is 14.5 Å². The summed E-state index contributed by atoms with van der Waals surface area (Å²) < 4.78 is 10.7. The Labute approximate surface area is 108 Å². The quantitative estimate of drug-likeness (QED) is 0.876. The summed E-state index contributed by atoms with van der Waals surface area (Å²) >= 11 is 0. The summed E-state index contributed by atoms with van der Waals surface area (Å²) in [5.41, 5.74) is 1.24. The molecule has 1 heterocycles. The summed E-state index contributed by atoms with van der Waals surface area (Å²) in [6, 6.07) is 12.4. The van der Waals surface area contributed by atoms with Crippen molar-refractivity contribution in [2.24, 2.45) is 0 Å². The predicted molar refractivity (Wildman–Crippen MR) is 71.7 cm³/mol. The van der Waals surface area contributed by atoms with E-state index in [4.69, 9.17) is 9.15 Å². The van der Waals surface area contributed by atoms with Crippen molar-refractivity contribution in [3.8, 4) is 5.75 Å². The van der Waals surface area contributed by atoms with Gasteiger partial charge in [-0.1, -0.05) is 12.1 Å². The van der Waals surface area contributed by atoms with Crippen molar-refractivity contribution < 1.29 is 9.15 Å². The molecule has 0 saturated carbocycles. The van der Waals surface area contributed by atoms with Crippen LogP contribution in [0.1, 0.15) is 30.0 Å². The van der Waals surface area contributed by atoms with Crippen molar-refractivity contribution in [3.05, 3.63) is 53.5 Å². The van der Waals surface area contributed by atoms with Gasteiger partial charge in [0.2, 0.25) is 0 Å². The minimum atomic E-state index is 0.279. The van der Waals surface area contributed by atoms with Crippen LogP contribution in [0.25, 0.3) is 0 Å². The van der Waals surface area contributed by atoms with Crippen LogP contribution < -0.4 is 10.1 Å². The van der Waals surface area contributed by atoms with E-state index in [1.165, 1.54) is 5.56 Å². The van der Waals surface area contributed by atoms with E-state index in [0.717, 1.165) is 23.8 Å². The van der Waals surface area contributed by atoms with Crippen LogP contribution in [0.3, 0.4) is 0 Å². The molecule has 0 fully saturated rings. The number of aryl methyl sites for hydroxylation is 1. The van der Waals surface area contributed by atoms with Crippen molar-refractivity contribution in [1.29, 1.82) is 0 Å². The minimum absolute atomic E-state index is 0.279. The molecule has 3 heteroatoms. The monoisotopic (exact) mass is 245 g/mol. The van der Waals surface area contributed by atoms with Crippen molar-refractivity contribution in [2.75, 3.05) is 7.11 Å². The highest BCUT2D eigenvalue weighted by Crippen LogP contribution is 2.18. The Morgan fingerprint density at radius 2 is 1.89 bits per heavy atom. The van der Waals surface area contributed by atoms with Gasteiger partial charge in [-0.15, -0.1) is 0 Å². The second kappa shape index (κ2) is 5.74. The van der Waals surface area contributed by atoms with E-state index in [-0.39, 0.29) is 6.04 Å². The maximum Gasteiger partial charge on any atom is 0.118 e. The maximum absolute atomic E-state index is 5.52. The Morgan fingerprint density at radius 1 is 1.17 bits per heavy atom. The lowest BCUT2D eigenvalue weighted by Gasteiger charge is -2.13. The number of ether oxygens (including phenoxy) is 1. The maximum atomic E-state index is 5.52. The van der Waals surface area contributed by atoms with E-state index in [1.807, 2.05) is 31.2 Å². The standard InChI is InChI=1S/C15H19NO2/c1-11-4-7-15(18-11)10-16-12(2)13-5-8-14(17-3)9-6-13/h4-9,12,16H,10H2,1-3H3/t12-/m1/s1. The van der Waals surface area contributed by atoms with Gasteiger partial charge in [0.1, 0.15) is 17.3 Å². The highest BCUT2D eigenvalue weighted by molar-refractivity contribution is 5.28. The molecule has 0 aliphatic heterocycles. The molecule has 1 N–H and O–H groups in total. The zero-order valence-electron chi connectivity index (χ0n) is 11.1. The van der Waals surface area contributed by atoms with Crippen LogP contribution in [0, 0.1) is 6.92 Å². The van der Waals surface area contributed by atoms with Crippen molar-refractivity contribution in [2.45, 2.75) is 26.4 Å². The second-order valence-corrected chi connectivity index (χ2v) is 4.39. The number of methoxy groups -OCH3 is 1. The Morgan fingerprint density at radius 3 is 2.44 bits per heavy atom. The molecule has 18 heavy (non-hydrogen) atoms. The first kappa shape index (κ1) is 12.7. The largest absolute Gasteiger partial charge is 0.497 e. The van der Waals surface area contributed by atoms with E-state index < -0.39 is 0 Å². The lowest BCUT2D eigenvalue weighted by Crippen LogP contribution is -2.17. The van der Waals surface area contributed by atoms with Gasteiger partial charge in [-0.05, 0) is 43.7 Å². The third kappa shape index (κ3) is 3.14. The van der Waals surface area contributed by atoms with Crippen LogP contribution in [-0.2, 0) is 6.54 Å². The summed E-state index contributed by atoms with van der Waals surface area (Å²) in [5, 5.41) is 3.43. The SMILES string of the molecule is COc1ccc([C@@H](C)NCc2ccc(C)o2)cc1. The van der Waals surface area contributed by atoms with E-state index in [0.29, 0.717) is 0 Å². The van der Waals surface area contributed by atoms with Crippen LogP contribution >= 0.6 is 0 Å². The lowest BCUT2D eigenvalue weighted by molar-refractivity contribution is 0.414. The molecule has 3 nitrogen and oxygen atoms in total. The van der Waals surface area contributed by atoms with Gasteiger partial charge in [-0.25, -0.2) is 0 Å². The third-order valence-corrected chi connectivity index (χ3v) is 2.99. The first-order chi connectivity index (χ1) is 8.69. The van der Waals surface area contributed by atoms with Crippen LogP contribution in [0.2, 0.25) is 0 Å². The average molecular weight is 245 g/mol. The van der Waals surface area contributed by atoms with Crippen LogP contribution in [0.4, 0.5) is 0 Å². The second-order valence-electron chi connectivity index (χ2n) is 4.39. The molecule has 2 aromatic rings.